The van der Waals surface area contributed by atoms with Crippen LogP contribution in [0.3, 0.4) is 0 Å². The molecule has 0 fully saturated rings. The summed E-state index contributed by atoms with van der Waals surface area (Å²) in [6.45, 7) is 14.7. The van der Waals surface area contributed by atoms with Crippen LogP contribution >= 0.6 is 0 Å². The van der Waals surface area contributed by atoms with Gasteiger partial charge < -0.3 is 0 Å². The van der Waals surface area contributed by atoms with E-state index in [1.165, 1.54) is 16.7 Å². The molecule has 0 N–H and O–H groups in total. The average Bonchev–Trinajstić information content (AvgIpc) is 2.56. The molecule has 0 aliphatic rings. The Morgan fingerprint density at radius 2 is 1.73 bits per heavy atom. The van der Waals surface area contributed by atoms with E-state index in [-0.39, 0.29) is 5.41 Å². The summed E-state index contributed by atoms with van der Waals surface area (Å²) in [7, 11) is 1.96. The Balaban J connectivity index is 2.41. The molecule has 0 atom stereocenters. The highest BCUT2D eigenvalue weighted by Crippen LogP contribution is 2.34. The van der Waals surface area contributed by atoms with Crippen molar-refractivity contribution in [1.29, 1.82) is 0 Å². The quantitative estimate of drug-likeness (QED) is 0.474. The van der Waals surface area contributed by atoms with E-state index in [2.05, 4.69) is 65.0 Å². The Morgan fingerprint density at radius 3 is 2.35 bits per heavy atom. The third-order valence-electron chi connectivity index (χ3n) is 5.42. The predicted octanol–water partition coefficient (Wildman–Crippen LogP) is 6.37. The molecule has 0 amide bonds. The van der Waals surface area contributed by atoms with Gasteiger partial charge in [0.25, 0.3) is 0 Å². The SMILES string of the molecule is [2H]c1cc2cc(C(C)(C)C)ccc2c(-c2cc(C([2H])(C)C)cc(C)c2C)[n+]1C. The molecule has 1 aromatic heterocycles. The van der Waals surface area contributed by atoms with Gasteiger partial charge in [-0.25, -0.2) is 4.57 Å². The molecular weight excluding hydrogens is 314 g/mol. The van der Waals surface area contributed by atoms with E-state index < -0.39 is 5.89 Å². The van der Waals surface area contributed by atoms with Gasteiger partial charge in [0.2, 0.25) is 5.69 Å². The summed E-state index contributed by atoms with van der Waals surface area (Å²) in [5.41, 5.74) is 6.89. The summed E-state index contributed by atoms with van der Waals surface area (Å²) in [4.78, 5) is 0. The molecule has 1 nitrogen and oxygen atoms in total. The van der Waals surface area contributed by atoms with Crippen LogP contribution in [0.25, 0.3) is 22.0 Å². The molecule has 0 spiro atoms. The summed E-state index contributed by atoms with van der Waals surface area (Å²) < 4.78 is 19.0. The lowest BCUT2D eigenvalue weighted by Gasteiger charge is -2.20. The largest absolute Gasteiger partial charge is 0.220 e. The maximum absolute atomic E-state index is 8.54. The first kappa shape index (κ1) is 16.1. The monoisotopic (exact) mass is 348 g/mol. The van der Waals surface area contributed by atoms with E-state index in [1.54, 1.807) is 0 Å². The van der Waals surface area contributed by atoms with Gasteiger partial charge in [-0.05, 0) is 64.9 Å². The number of pyridine rings is 1. The highest BCUT2D eigenvalue weighted by molar-refractivity contribution is 5.94. The summed E-state index contributed by atoms with van der Waals surface area (Å²) in [6.07, 6.45) is 0.487. The molecule has 0 saturated carbocycles. The number of nitrogens with zero attached hydrogens (tertiary/aromatic N) is 1. The molecular formula is C25H32N+. The van der Waals surface area contributed by atoms with Crippen molar-refractivity contribution in [3.05, 3.63) is 64.8 Å². The second kappa shape index (κ2) is 6.54. The van der Waals surface area contributed by atoms with Gasteiger partial charge in [0.05, 0.1) is 10.9 Å². The fourth-order valence-corrected chi connectivity index (χ4v) is 3.50. The lowest BCUT2D eigenvalue weighted by atomic mass is 9.85. The van der Waals surface area contributed by atoms with Crippen molar-refractivity contribution in [2.45, 2.75) is 59.8 Å². The van der Waals surface area contributed by atoms with Crippen LogP contribution in [-0.2, 0) is 12.5 Å². The van der Waals surface area contributed by atoms with Crippen LogP contribution in [0.2, 0.25) is 0 Å². The minimum Gasteiger partial charge on any atom is -0.200 e. The Bertz CT molecular complexity index is 1070. The van der Waals surface area contributed by atoms with Crippen LogP contribution in [0.4, 0.5) is 0 Å². The van der Waals surface area contributed by atoms with Crippen LogP contribution in [0.15, 0.2) is 42.6 Å². The molecule has 0 saturated heterocycles. The normalized spacial score (nSPS) is 13.7. The summed E-state index contributed by atoms with van der Waals surface area (Å²) in [6, 6.07) is 12.8. The van der Waals surface area contributed by atoms with Crippen molar-refractivity contribution in [1.82, 2.24) is 0 Å². The molecule has 0 aliphatic heterocycles. The van der Waals surface area contributed by atoms with Gasteiger partial charge in [-0.15, -0.1) is 0 Å². The highest BCUT2D eigenvalue weighted by Gasteiger charge is 2.21. The van der Waals surface area contributed by atoms with Crippen molar-refractivity contribution in [2.24, 2.45) is 7.05 Å². The predicted molar refractivity (Wildman–Crippen MR) is 113 cm³/mol. The fourth-order valence-electron chi connectivity index (χ4n) is 3.50. The second-order valence-electron chi connectivity index (χ2n) is 8.70. The number of aryl methyl sites for hydroxylation is 1. The number of benzene rings is 2. The standard InChI is InChI=1S/C25H32N/c1-16(2)20-13-17(3)18(4)23(15-20)24-22-10-9-21(25(5,6)7)14-19(22)11-12-26(24)8/h9-16H,1-8H3/q+1/i12D,16D. The molecule has 3 aromatic rings. The van der Waals surface area contributed by atoms with Crippen molar-refractivity contribution in [3.8, 4) is 11.3 Å². The maximum Gasteiger partial charge on any atom is 0.220 e. The number of hydrogen-bond donors (Lipinski definition) is 0. The molecule has 26 heavy (non-hydrogen) atoms. The van der Waals surface area contributed by atoms with Crippen LogP contribution in [0, 0.1) is 13.8 Å². The summed E-state index contributed by atoms with van der Waals surface area (Å²) in [5, 5.41) is 2.24. The third kappa shape index (κ3) is 3.28. The van der Waals surface area contributed by atoms with Crippen LogP contribution in [0.5, 0.6) is 0 Å². The minimum atomic E-state index is -0.667. The number of hydrogen-bond acceptors (Lipinski definition) is 0. The maximum atomic E-state index is 8.54. The molecule has 1 heteroatoms. The molecule has 0 unspecified atom stereocenters. The van der Waals surface area contributed by atoms with Crippen LogP contribution in [0.1, 0.15) is 65.5 Å². The lowest BCUT2D eigenvalue weighted by molar-refractivity contribution is -0.659. The lowest BCUT2D eigenvalue weighted by Crippen LogP contribution is -2.31. The first-order valence-corrected chi connectivity index (χ1v) is 9.36. The third-order valence-corrected chi connectivity index (χ3v) is 5.42. The fraction of sp³-hybridized carbons (Fsp3) is 0.400. The van der Waals surface area contributed by atoms with Gasteiger partial charge in [-0.1, -0.05) is 52.8 Å². The first-order chi connectivity index (χ1) is 12.8. The minimum absolute atomic E-state index is 0.0657. The van der Waals surface area contributed by atoms with Gasteiger partial charge in [-0.2, -0.15) is 0 Å². The summed E-state index contributed by atoms with van der Waals surface area (Å²) >= 11 is 0. The van der Waals surface area contributed by atoms with Gasteiger partial charge >= 0.3 is 0 Å². The average molecular weight is 349 g/mol. The van der Waals surface area contributed by atoms with Gasteiger partial charge in [0, 0.05) is 7.44 Å². The van der Waals surface area contributed by atoms with Gasteiger partial charge in [-0.3, -0.25) is 0 Å². The van der Waals surface area contributed by atoms with Crippen molar-refractivity contribution >= 4 is 10.8 Å². The molecule has 3 rings (SSSR count). The van der Waals surface area contributed by atoms with E-state index in [0.717, 1.165) is 27.6 Å². The van der Waals surface area contributed by atoms with E-state index in [1.807, 2.05) is 31.5 Å². The zero-order chi connectivity index (χ0) is 21.0. The zero-order valence-corrected chi connectivity index (χ0v) is 17.4. The topological polar surface area (TPSA) is 3.88 Å². The van der Waals surface area contributed by atoms with E-state index in [4.69, 9.17) is 2.74 Å². The highest BCUT2D eigenvalue weighted by atomic mass is 14.9. The molecule has 2 aromatic carbocycles. The summed E-state index contributed by atoms with van der Waals surface area (Å²) in [5.74, 6) is -0.667. The first-order valence-electron chi connectivity index (χ1n) is 10.4. The van der Waals surface area contributed by atoms with Crippen molar-refractivity contribution in [2.75, 3.05) is 0 Å². The van der Waals surface area contributed by atoms with E-state index in [9.17, 15) is 0 Å². The van der Waals surface area contributed by atoms with E-state index in [0.29, 0.717) is 6.17 Å². The number of aromatic nitrogens is 1. The molecule has 1 heterocycles. The van der Waals surface area contributed by atoms with Crippen molar-refractivity contribution < 1.29 is 7.31 Å². The smallest absolute Gasteiger partial charge is 0.200 e. The molecule has 0 bridgehead atoms. The van der Waals surface area contributed by atoms with Crippen LogP contribution in [-0.4, -0.2) is 0 Å². The number of fused-ring (bicyclic) bond motifs is 1. The number of rotatable bonds is 2. The second-order valence-corrected chi connectivity index (χ2v) is 8.70. The molecule has 0 radical (unpaired) electrons. The Hall–Kier alpha value is -2.15. The van der Waals surface area contributed by atoms with Crippen molar-refractivity contribution in [3.63, 3.8) is 0 Å². The van der Waals surface area contributed by atoms with Gasteiger partial charge in [0.15, 0.2) is 6.17 Å². The Kier molecular flexibility index (Phi) is 4.04. The van der Waals surface area contributed by atoms with Gasteiger partial charge in [0.1, 0.15) is 8.42 Å². The molecule has 0 aliphatic carbocycles. The van der Waals surface area contributed by atoms with E-state index >= 15 is 0 Å². The Labute approximate surface area is 161 Å². The Morgan fingerprint density at radius 1 is 1.04 bits per heavy atom. The zero-order valence-electron chi connectivity index (χ0n) is 19.4. The molecule has 136 valence electrons. The van der Waals surface area contributed by atoms with Crippen LogP contribution < -0.4 is 4.57 Å².